The number of anilines is 2. The minimum absolute atomic E-state index is 0.0731. The van der Waals surface area contributed by atoms with Crippen molar-refractivity contribution < 1.29 is 4.79 Å². The SMILES string of the molecule is Cc1c(N)cccc1NC(=O)Cc1ccc(Cl)cc1. The van der Waals surface area contributed by atoms with Crippen molar-refractivity contribution in [2.75, 3.05) is 11.1 Å². The van der Waals surface area contributed by atoms with Gasteiger partial charge in [-0.1, -0.05) is 29.8 Å². The van der Waals surface area contributed by atoms with Crippen molar-refractivity contribution in [1.29, 1.82) is 0 Å². The summed E-state index contributed by atoms with van der Waals surface area (Å²) in [6, 6.07) is 12.7. The van der Waals surface area contributed by atoms with Crippen LogP contribution in [-0.2, 0) is 11.2 Å². The Morgan fingerprint density at radius 1 is 1.21 bits per heavy atom. The van der Waals surface area contributed by atoms with Crippen LogP contribution in [0.5, 0.6) is 0 Å². The fraction of sp³-hybridized carbons (Fsp3) is 0.133. The first kappa shape index (κ1) is 13.4. The summed E-state index contributed by atoms with van der Waals surface area (Å²) >= 11 is 5.80. The van der Waals surface area contributed by atoms with Gasteiger partial charge in [-0.3, -0.25) is 4.79 Å². The lowest BCUT2D eigenvalue weighted by Crippen LogP contribution is -2.15. The first-order valence-corrected chi connectivity index (χ1v) is 6.33. The molecular formula is C15H15ClN2O. The number of nitrogen functional groups attached to an aromatic ring is 1. The van der Waals surface area contributed by atoms with E-state index in [1.807, 2.05) is 37.3 Å². The fourth-order valence-corrected chi connectivity index (χ4v) is 1.90. The van der Waals surface area contributed by atoms with Crippen molar-refractivity contribution in [3.05, 3.63) is 58.6 Å². The van der Waals surface area contributed by atoms with Gasteiger partial charge >= 0.3 is 0 Å². The molecule has 2 rings (SSSR count). The van der Waals surface area contributed by atoms with E-state index >= 15 is 0 Å². The Labute approximate surface area is 117 Å². The average molecular weight is 275 g/mol. The number of benzene rings is 2. The maximum Gasteiger partial charge on any atom is 0.228 e. The second-order valence-corrected chi connectivity index (χ2v) is 4.81. The van der Waals surface area contributed by atoms with Crippen LogP contribution in [-0.4, -0.2) is 5.91 Å². The zero-order valence-corrected chi connectivity index (χ0v) is 11.4. The normalized spacial score (nSPS) is 10.2. The molecule has 0 saturated heterocycles. The second-order valence-electron chi connectivity index (χ2n) is 4.37. The highest BCUT2D eigenvalue weighted by atomic mass is 35.5. The van der Waals surface area contributed by atoms with E-state index in [-0.39, 0.29) is 5.91 Å². The van der Waals surface area contributed by atoms with E-state index in [1.165, 1.54) is 0 Å². The molecular weight excluding hydrogens is 260 g/mol. The van der Waals surface area contributed by atoms with Gasteiger partial charge < -0.3 is 11.1 Å². The van der Waals surface area contributed by atoms with Gasteiger partial charge in [0.05, 0.1) is 6.42 Å². The molecule has 0 radical (unpaired) electrons. The predicted molar refractivity (Wildman–Crippen MR) is 79.4 cm³/mol. The molecule has 0 saturated carbocycles. The lowest BCUT2D eigenvalue weighted by Gasteiger charge is -2.10. The van der Waals surface area contributed by atoms with E-state index in [1.54, 1.807) is 12.1 Å². The van der Waals surface area contributed by atoms with Crippen LogP contribution in [0.3, 0.4) is 0 Å². The van der Waals surface area contributed by atoms with Crippen LogP contribution in [0.25, 0.3) is 0 Å². The van der Waals surface area contributed by atoms with Gasteiger partial charge in [0.25, 0.3) is 0 Å². The maximum absolute atomic E-state index is 11.9. The monoisotopic (exact) mass is 274 g/mol. The minimum Gasteiger partial charge on any atom is -0.398 e. The zero-order chi connectivity index (χ0) is 13.8. The summed E-state index contributed by atoms with van der Waals surface area (Å²) in [4.78, 5) is 11.9. The first-order valence-electron chi connectivity index (χ1n) is 5.95. The molecule has 0 unspecified atom stereocenters. The topological polar surface area (TPSA) is 55.1 Å². The number of halogens is 1. The molecule has 2 aromatic carbocycles. The molecule has 0 aromatic heterocycles. The summed E-state index contributed by atoms with van der Waals surface area (Å²) in [5.41, 5.74) is 9.02. The molecule has 0 aliphatic carbocycles. The Hall–Kier alpha value is -2.00. The highest BCUT2D eigenvalue weighted by Gasteiger charge is 2.07. The summed E-state index contributed by atoms with van der Waals surface area (Å²) in [6.45, 7) is 1.88. The van der Waals surface area contributed by atoms with Crippen LogP contribution >= 0.6 is 11.6 Å². The molecule has 1 amide bonds. The summed E-state index contributed by atoms with van der Waals surface area (Å²) < 4.78 is 0. The molecule has 0 aliphatic rings. The van der Waals surface area contributed by atoms with Crippen LogP contribution in [0.15, 0.2) is 42.5 Å². The maximum atomic E-state index is 11.9. The Kier molecular flexibility index (Phi) is 4.07. The number of hydrogen-bond donors (Lipinski definition) is 2. The van der Waals surface area contributed by atoms with E-state index in [0.29, 0.717) is 17.1 Å². The van der Waals surface area contributed by atoms with E-state index < -0.39 is 0 Å². The quantitative estimate of drug-likeness (QED) is 0.843. The number of carbonyl (C=O) groups excluding carboxylic acids is 1. The Bertz CT molecular complexity index is 594. The second kappa shape index (κ2) is 5.76. The Balaban J connectivity index is 2.05. The summed E-state index contributed by atoms with van der Waals surface area (Å²) in [6.07, 6.45) is 0.311. The summed E-state index contributed by atoms with van der Waals surface area (Å²) in [5, 5.41) is 3.53. The number of amides is 1. The van der Waals surface area contributed by atoms with Crippen molar-refractivity contribution >= 4 is 28.9 Å². The largest absolute Gasteiger partial charge is 0.398 e. The highest BCUT2D eigenvalue weighted by molar-refractivity contribution is 6.30. The van der Waals surface area contributed by atoms with Gasteiger partial charge in [0.1, 0.15) is 0 Å². The highest BCUT2D eigenvalue weighted by Crippen LogP contribution is 2.20. The van der Waals surface area contributed by atoms with Gasteiger partial charge in [0, 0.05) is 16.4 Å². The predicted octanol–water partition coefficient (Wildman–Crippen LogP) is 3.41. The van der Waals surface area contributed by atoms with E-state index in [4.69, 9.17) is 17.3 Å². The van der Waals surface area contributed by atoms with Crippen molar-refractivity contribution in [2.45, 2.75) is 13.3 Å². The molecule has 3 nitrogen and oxygen atoms in total. The van der Waals surface area contributed by atoms with Gasteiger partial charge in [-0.2, -0.15) is 0 Å². The lowest BCUT2D eigenvalue weighted by molar-refractivity contribution is -0.115. The van der Waals surface area contributed by atoms with Gasteiger partial charge in [-0.15, -0.1) is 0 Å². The molecule has 0 bridgehead atoms. The number of nitrogens with one attached hydrogen (secondary N) is 1. The molecule has 0 aliphatic heterocycles. The third-order valence-corrected chi connectivity index (χ3v) is 3.18. The number of hydrogen-bond acceptors (Lipinski definition) is 2. The molecule has 98 valence electrons. The standard InChI is InChI=1S/C15H15ClN2O/c1-10-13(17)3-2-4-14(10)18-15(19)9-11-5-7-12(16)8-6-11/h2-8H,9,17H2,1H3,(H,18,19). The summed E-state index contributed by atoms with van der Waals surface area (Å²) in [7, 11) is 0. The Morgan fingerprint density at radius 3 is 2.58 bits per heavy atom. The third kappa shape index (κ3) is 3.48. The van der Waals surface area contributed by atoms with Gasteiger partial charge in [-0.25, -0.2) is 0 Å². The molecule has 3 N–H and O–H groups in total. The number of carbonyl (C=O) groups is 1. The minimum atomic E-state index is -0.0731. The van der Waals surface area contributed by atoms with Gasteiger partial charge in [-0.05, 0) is 42.3 Å². The smallest absolute Gasteiger partial charge is 0.228 e. The number of nitrogens with two attached hydrogens (primary N) is 1. The fourth-order valence-electron chi connectivity index (χ4n) is 1.77. The summed E-state index contributed by atoms with van der Waals surface area (Å²) in [5.74, 6) is -0.0731. The average Bonchev–Trinajstić information content (AvgIpc) is 2.38. The van der Waals surface area contributed by atoms with Crippen LogP contribution in [0.1, 0.15) is 11.1 Å². The molecule has 0 fully saturated rings. The van der Waals surface area contributed by atoms with Crippen molar-refractivity contribution in [1.82, 2.24) is 0 Å². The van der Waals surface area contributed by atoms with Crippen LogP contribution < -0.4 is 11.1 Å². The van der Waals surface area contributed by atoms with Crippen molar-refractivity contribution in [2.24, 2.45) is 0 Å². The van der Waals surface area contributed by atoms with Crippen molar-refractivity contribution in [3.8, 4) is 0 Å². The number of rotatable bonds is 3. The van der Waals surface area contributed by atoms with E-state index in [9.17, 15) is 4.79 Å². The van der Waals surface area contributed by atoms with Gasteiger partial charge in [0.2, 0.25) is 5.91 Å². The molecule has 19 heavy (non-hydrogen) atoms. The molecule has 0 atom stereocenters. The third-order valence-electron chi connectivity index (χ3n) is 2.93. The van der Waals surface area contributed by atoms with Crippen molar-refractivity contribution in [3.63, 3.8) is 0 Å². The molecule has 0 heterocycles. The zero-order valence-electron chi connectivity index (χ0n) is 10.6. The lowest BCUT2D eigenvalue weighted by atomic mass is 10.1. The van der Waals surface area contributed by atoms with Gasteiger partial charge in [0.15, 0.2) is 0 Å². The van der Waals surface area contributed by atoms with Crippen LogP contribution in [0.2, 0.25) is 5.02 Å². The van der Waals surface area contributed by atoms with Crippen LogP contribution in [0.4, 0.5) is 11.4 Å². The van der Waals surface area contributed by atoms with E-state index in [2.05, 4.69) is 5.32 Å². The molecule has 2 aromatic rings. The van der Waals surface area contributed by atoms with Crippen LogP contribution in [0, 0.1) is 6.92 Å². The van der Waals surface area contributed by atoms with E-state index in [0.717, 1.165) is 16.8 Å². The Morgan fingerprint density at radius 2 is 1.89 bits per heavy atom. The molecule has 0 spiro atoms. The first-order chi connectivity index (χ1) is 9.06. The molecule has 4 heteroatoms.